The molecule has 0 spiro atoms. The van der Waals surface area contributed by atoms with Crippen LogP contribution >= 0.6 is 0 Å². The Hall–Kier alpha value is -7.88. The summed E-state index contributed by atoms with van der Waals surface area (Å²) in [4.78, 5) is 2.47. The second kappa shape index (κ2) is 12.3. The van der Waals surface area contributed by atoms with E-state index in [-0.39, 0.29) is 0 Å². The molecule has 274 valence electrons. The molecule has 0 saturated carbocycles. The number of hydrogen-bond donors (Lipinski definition) is 0. The van der Waals surface area contributed by atoms with Gasteiger partial charge in [-0.15, -0.1) is 0 Å². The molecule has 0 N–H and O–H groups in total. The van der Waals surface area contributed by atoms with Crippen LogP contribution in [0.25, 0.3) is 103 Å². The van der Waals surface area contributed by atoms with Crippen molar-refractivity contribution >= 4 is 115 Å². The highest BCUT2D eigenvalue weighted by molar-refractivity contribution is 6.27. The highest BCUT2D eigenvalue weighted by Crippen LogP contribution is 2.48. The number of anilines is 3. The lowest BCUT2D eigenvalue weighted by Gasteiger charge is -2.27. The van der Waals surface area contributed by atoms with Crippen molar-refractivity contribution in [3.05, 3.63) is 206 Å². The van der Waals surface area contributed by atoms with E-state index in [1.807, 2.05) is 0 Å². The third-order valence-corrected chi connectivity index (χ3v) is 12.5. The van der Waals surface area contributed by atoms with Crippen molar-refractivity contribution < 1.29 is 4.42 Å². The van der Waals surface area contributed by atoms with Crippen molar-refractivity contribution in [1.82, 2.24) is 4.57 Å². The molecule has 0 amide bonds. The van der Waals surface area contributed by atoms with Crippen LogP contribution in [0.15, 0.2) is 211 Å². The van der Waals surface area contributed by atoms with E-state index < -0.39 is 0 Å². The van der Waals surface area contributed by atoms with E-state index in [9.17, 15) is 0 Å². The van der Waals surface area contributed by atoms with Gasteiger partial charge in [0.2, 0.25) is 0 Å². The Morgan fingerprint density at radius 1 is 0.356 bits per heavy atom. The zero-order valence-corrected chi connectivity index (χ0v) is 31.9. The van der Waals surface area contributed by atoms with Crippen molar-refractivity contribution in [2.75, 3.05) is 4.90 Å². The van der Waals surface area contributed by atoms with Crippen molar-refractivity contribution in [2.45, 2.75) is 0 Å². The molecule has 0 unspecified atom stereocenters. The molecule has 2 aromatic heterocycles. The standard InChI is InChI=1S/C56H34N2O/c1-2-15-37(16-3-1)58-52-24-12-23-51(54(52)48-30-26-35-13-4-6-17-40(35)55(48)58)57(39-28-32-53-50(34-39)47-29-25-36-14-5-7-18-41(36)56(47)59-53)38-27-31-46-44-21-9-8-19-42(44)43-20-10-11-22-45(43)49(46)33-38/h1-34H. The molecule has 0 fully saturated rings. The summed E-state index contributed by atoms with van der Waals surface area (Å²) in [5.41, 5.74) is 8.55. The van der Waals surface area contributed by atoms with Crippen LogP contribution in [0.5, 0.6) is 0 Å². The minimum absolute atomic E-state index is 0.876. The van der Waals surface area contributed by atoms with Crippen LogP contribution in [0, 0.1) is 0 Å². The lowest BCUT2D eigenvalue weighted by atomic mass is 9.94. The highest BCUT2D eigenvalue weighted by Gasteiger charge is 2.24. The first-order chi connectivity index (χ1) is 29.3. The molecule has 0 aliphatic carbocycles. The SMILES string of the molecule is c1ccc(-n2c3cccc(N(c4ccc5oc6c7ccccc7ccc6c5c4)c4ccc5c6ccccc6c6ccccc6c5c4)c3c3ccc4ccccc4c32)cc1. The summed E-state index contributed by atoms with van der Waals surface area (Å²) in [5.74, 6) is 0. The molecular weight excluding hydrogens is 717 g/mol. The van der Waals surface area contributed by atoms with Gasteiger partial charge < -0.3 is 13.9 Å². The molecular formula is C56H34N2O. The quantitative estimate of drug-likeness (QED) is 0.167. The number of fused-ring (bicyclic) bond motifs is 16. The maximum atomic E-state index is 6.66. The van der Waals surface area contributed by atoms with Crippen LogP contribution < -0.4 is 4.90 Å². The summed E-state index contributed by atoms with van der Waals surface area (Å²) < 4.78 is 9.11. The topological polar surface area (TPSA) is 21.3 Å². The van der Waals surface area contributed by atoms with Crippen LogP contribution in [-0.4, -0.2) is 4.57 Å². The van der Waals surface area contributed by atoms with Gasteiger partial charge in [0, 0.05) is 49.4 Å². The van der Waals surface area contributed by atoms with Gasteiger partial charge in [-0.05, 0) is 104 Å². The lowest BCUT2D eigenvalue weighted by Crippen LogP contribution is -2.10. The molecule has 0 aliphatic rings. The summed E-state index contributed by atoms with van der Waals surface area (Å²) >= 11 is 0. The Morgan fingerprint density at radius 2 is 0.898 bits per heavy atom. The molecule has 3 nitrogen and oxygen atoms in total. The lowest BCUT2D eigenvalue weighted by molar-refractivity contribution is 0.672. The average Bonchev–Trinajstić information content (AvgIpc) is 3.86. The Kier molecular flexibility index (Phi) is 6.72. The number of nitrogens with zero attached hydrogens (tertiary/aromatic N) is 2. The van der Waals surface area contributed by atoms with Crippen molar-refractivity contribution in [2.24, 2.45) is 0 Å². The van der Waals surface area contributed by atoms with Gasteiger partial charge in [-0.1, -0.05) is 146 Å². The summed E-state index contributed by atoms with van der Waals surface area (Å²) in [6.07, 6.45) is 0. The molecule has 3 heteroatoms. The Labute approximate surface area is 339 Å². The zero-order chi connectivity index (χ0) is 38.6. The number of furan rings is 1. The molecule has 0 radical (unpaired) electrons. The van der Waals surface area contributed by atoms with Crippen LogP contribution in [0.1, 0.15) is 0 Å². The first kappa shape index (κ1) is 32.2. The first-order valence-corrected chi connectivity index (χ1v) is 20.3. The maximum absolute atomic E-state index is 6.66. The van der Waals surface area contributed by atoms with Gasteiger partial charge in [0.15, 0.2) is 0 Å². The smallest absolute Gasteiger partial charge is 0.143 e. The van der Waals surface area contributed by atoms with E-state index in [0.717, 1.165) is 55.6 Å². The zero-order valence-electron chi connectivity index (χ0n) is 31.9. The minimum Gasteiger partial charge on any atom is -0.455 e. The van der Waals surface area contributed by atoms with Gasteiger partial charge in [-0.25, -0.2) is 0 Å². The summed E-state index contributed by atoms with van der Waals surface area (Å²) in [6.45, 7) is 0. The maximum Gasteiger partial charge on any atom is 0.143 e. The van der Waals surface area contributed by atoms with E-state index in [1.165, 1.54) is 64.8 Å². The second-order valence-electron chi connectivity index (χ2n) is 15.6. The average molecular weight is 751 g/mol. The molecule has 0 aliphatic heterocycles. The monoisotopic (exact) mass is 750 g/mol. The first-order valence-electron chi connectivity index (χ1n) is 20.3. The van der Waals surface area contributed by atoms with E-state index >= 15 is 0 Å². The Morgan fingerprint density at radius 3 is 1.63 bits per heavy atom. The normalized spacial score (nSPS) is 12.1. The van der Waals surface area contributed by atoms with Gasteiger partial charge in [0.25, 0.3) is 0 Å². The highest BCUT2D eigenvalue weighted by atomic mass is 16.3. The Bertz CT molecular complexity index is 3820. The van der Waals surface area contributed by atoms with Gasteiger partial charge in [-0.3, -0.25) is 0 Å². The minimum atomic E-state index is 0.876. The van der Waals surface area contributed by atoms with Gasteiger partial charge in [0.05, 0.1) is 16.7 Å². The number of para-hydroxylation sites is 1. The molecule has 0 saturated heterocycles. The predicted molar refractivity (Wildman–Crippen MR) is 250 cm³/mol. The van der Waals surface area contributed by atoms with E-state index in [2.05, 4.69) is 216 Å². The molecule has 13 rings (SSSR count). The van der Waals surface area contributed by atoms with Gasteiger partial charge >= 0.3 is 0 Å². The third-order valence-electron chi connectivity index (χ3n) is 12.5. The summed E-state index contributed by atoms with van der Waals surface area (Å²) in [7, 11) is 0. The van der Waals surface area contributed by atoms with Gasteiger partial charge in [-0.2, -0.15) is 0 Å². The van der Waals surface area contributed by atoms with E-state index in [0.29, 0.717) is 0 Å². The van der Waals surface area contributed by atoms with Gasteiger partial charge in [0.1, 0.15) is 11.2 Å². The van der Waals surface area contributed by atoms with Crippen molar-refractivity contribution in [1.29, 1.82) is 0 Å². The van der Waals surface area contributed by atoms with Crippen LogP contribution in [-0.2, 0) is 0 Å². The Balaban J connectivity index is 1.16. The van der Waals surface area contributed by atoms with Crippen LogP contribution in [0.2, 0.25) is 0 Å². The number of aromatic nitrogens is 1. The summed E-state index contributed by atoms with van der Waals surface area (Å²) in [6, 6.07) is 75.2. The van der Waals surface area contributed by atoms with Crippen LogP contribution in [0.3, 0.4) is 0 Å². The fourth-order valence-electron chi connectivity index (χ4n) is 9.93. The number of rotatable bonds is 4. The van der Waals surface area contributed by atoms with E-state index in [1.54, 1.807) is 0 Å². The van der Waals surface area contributed by atoms with Crippen molar-refractivity contribution in [3.8, 4) is 5.69 Å². The number of hydrogen-bond acceptors (Lipinski definition) is 2. The molecule has 59 heavy (non-hydrogen) atoms. The predicted octanol–water partition coefficient (Wildman–Crippen LogP) is 15.9. The molecule has 2 heterocycles. The molecule has 0 atom stereocenters. The molecule has 11 aromatic carbocycles. The van der Waals surface area contributed by atoms with Crippen molar-refractivity contribution in [3.63, 3.8) is 0 Å². The fourth-order valence-corrected chi connectivity index (χ4v) is 9.93. The second-order valence-corrected chi connectivity index (χ2v) is 15.6. The fraction of sp³-hybridized carbons (Fsp3) is 0. The van der Waals surface area contributed by atoms with Crippen LogP contribution in [0.4, 0.5) is 17.1 Å². The number of benzene rings is 11. The van der Waals surface area contributed by atoms with E-state index in [4.69, 9.17) is 4.42 Å². The summed E-state index contributed by atoms with van der Waals surface area (Å²) in [5, 5.41) is 16.9. The largest absolute Gasteiger partial charge is 0.455 e. The third kappa shape index (κ3) is 4.64. The molecule has 13 aromatic rings. The molecule has 0 bridgehead atoms.